The fourth-order valence-electron chi connectivity index (χ4n) is 4.03. The summed E-state index contributed by atoms with van der Waals surface area (Å²) in [6, 6.07) is 3.07. The van der Waals surface area contributed by atoms with Crippen LogP contribution in [0.2, 0.25) is 0 Å². The Morgan fingerprint density at radius 1 is 1.25 bits per heavy atom. The minimum Gasteiger partial charge on any atom is -0.465 e. The zero-order valence-corrected chi connectivity index (χ0v) is 19.0. The van der Waals surface area contributed by atoms with E-state index in [2.05, 4.69) is 4.98 Å². The number of esters is 1. The molecule has 1 saturated heterocycles. The van der Waals surface area contributed by atoms with Gasteiger partial charge in [-0.25, -0.2) is 9.37 Å². The number of benzene rings is 1. The lowest BCUT2D eigenvalue weighted by molar-refractivity contribution is -0.144. The van der Waals surface area contributed by atoms with Crippen molar-refractivity contribution in [2.24, 2.45) is 0 Å². The molecule has 0 atom stereocenters. The van der Waals surface area contributed by atoms with Gasteiger partial charge in [0.15, 0.2) is 10.6 Å². The molecule has 2 aromatic heterocycles. The Bertz CT molecular complexity index is 1200. The van der Waals surface area contributed by atoms with Crippen LogP contribution < -0.4 is 16.1 Å². The number of aryl methyl sites for hydroxylation is 1. The Balaban J connectivity index is 1.64. The first-order valence-electron chi connectivity index (χ1n) is 10.6. The largest absolute Gasteiger partial charge is 0.465 e. The Hall–Kier alpha value is -2.98. The van der Waals surface area contributed by atoms with Gasteiger partial charge in [0, 0.05) is 49.7 Å². The topological polar surface area (TPSA) is 93.7 Å². The Morgan fingerprint density at radius 3 is 2.62 bits per heavy atom. The molecule has 10 heteroatoms. The molecular formula is C22H26FN5O3S. The number of fused-ring (bicyclic) bond motifs is 1. The molecule has 8 nitrogen and oxygen atoms in total. The Labute approximate surface area is 189 Å². The molecule has 1 aliphatic heterocycles. The molecule has 0 radical (unpaired) electrons. The van der Waals surface area contributed by atoms with Crippen LogP contribution in [0.5, 0.6) is 0 Å². The molecule has 3 aromatic rings. The van der Waals surface area contributed by atoms with Crippen LogP contribution in [-0.2, 0) is 16.1 Å². The van der Waals surface area contributed by atoms with Gasteiger partial charge >= 0.3 is 5.97 Å². The van der Waals surface area contributed by atoms with E-state index in [-0.39, 0.29) is 17.9 Å². The van der Waals surface area contributed by atoms with Crippen molar-refractivity contribution in [2.45, 2.75) is 20.4 Å². The number of rotatable bonds is 6. The lowest BCUT2D eigenvalue weighted by Crippen LogP contribution is -2.48. The van der Waals surface area contributed by atoms with Crippen molar-refractivity contribution in [1.29, 1.82) is 0 Å². The number of anilines is 2. The molecule has 1 fully saturated rings. The van der Waals surface area contributed by atoms with Gasteiger partial charge in [-0.05, 0) is 26.0 Å². The van der Waals surface area contributed by atoms with Crippen molar-refractivity contribution in [3.8, 4) is 11.3 Å². The summed E-state index contributed by atoms with van der Waals surface area (Å²) in [7, 11) is 0. The summed E-state index contributed by atoms with van der Waals surface area (Å²) in [5.41, 5.74) is 7.51. The van der Waals surface area contributed by atoms with Gasteiger partial charge in [-0.15, -0.1) is 11.3 Å². The van der Waals surface area contributed by atoms with Crippen LogP contribution >= 0.6 is 11.3 Å². The van der Waals surface area contributed by atoms with Gasteiger partial charge in [-0.2, -0.15) is 0 Å². The molecule has 0 unspecified atom stereocenters. The predicted octanol–water partition coefficient (Wildman–Crippen LogP) is 2.55. The zero-order chi connectivity index (χ0) is 22.8. The second-order valence-electron chi connectivity index (χ2n) is 7.62. The minimum atomic E-state index is -0.439. The standard InChI is InChI=1S/C22H26FN5O3S/c1-3-27-11-15(17-13-32-22(24)25-17)21(30)14-9-16(23)19(10-18(14)27)28-7-5-26(6-8-28)12-20(29)31-4-2/h9-11,13H,3-8,12H2,1-2H3,(H2,24,25). The number of hydrogen-bond donors (Lipinski definition) is 1. The minimum absolute atomic E-state index is 0.237. The fraction of sp³-hybridized carbons (Fsp3) is 0.409. The summed E-state index contributed by atoms with van der Waals surface area (Å²) in [5.74, 6) is -0.687. The second kappa shape index (κ2) is 9.25. The molecule has 0 spiro atoms. The first-order chi connectivity index (χ1) is 15.4. The van der Waals surface area contributed by atoms with Gasteiger partial charge in [-0.3, -0.25) is 14.5 Å². The van der Waals surface area contributed by atoms with E-state index >= 15 is 4.39 Å². The highest BCUT2D eigenvalue weighted by Gasteiger charge is 2.23. The fourth-order valence-corrected chi connectivity index (χ4v) is 4.60. The molecule has 170 valence electrons. The number of thiazole rings is 1. The van der Waals surface area contributed by atoms with Crippen molar-refractivity contribution >= 4 is 39.0 Å². The van der Waals surface area contributed by atoms with Gasteiger partial charge in [-0.1, -0.05) is 0 Å². The van der Waals surface area contributed by atoms with Gasteiger partial charge in [0.25, 0.3) is 0 Å². The summed E-state index contributed by atoms with van der Waals surface area (Å²) in [6.07, 6.45) is 1.76. The first-order valence-corrected chi connectivity index (χ1v) is 11.5. The maximum absolute atomic E-state index is 15.2. The van der Waals surface area contributed by atoms with E-state index in [1.54, 1.807) is 24.6 Å². The van der Waals surface area contributed by atoms with Crippen molar-refractivity contribution in [1.82, 2.24) is 14.5 Å². The number of ether oxygens (including phenoxy) is 1. The van der Waals surface area contributed by atoms with E-state index in [0.29, 0.717) is 72.3 Å². The normalized spacial score (nSPS) is 14.8. The first kappa shape index (κ1) is 22.2. The molecule has 32 heavy (non-hydrogen) atoms. The van der Waals surface area contributed by atoms with Crippen LogP contribution in [0.25, 0.3) is 22.2 Å². The Kier molecular flexibility index (Phi) is 6.43. The smallest absolute Gasteiger partial charge is 0.320 e. The van der Waals surface area contributed by atoms with E-state index < -0.39 is 5.82 Å². The van der Waals surface area contributed by atoms with Crippen molar-refractivity contribution in [2.75, 3.05) is 50.0 Å². The van der Waals surface area contributed by atoms with Crippen molar-refractivity contribution < 1.29 is 13.9 Å². The molecule has 0 aliphatic carbocycles. The summed E-state index contributed by atoms with van der Waals surface area (Å²) >= 11 is 1.26. The van der Waals surface area contributed by atoms with Crippen LogP contribution in [0.15, 0.2) is 28.5 Å². The van der Waals surface area contributed by atoms with Crippen LogP contribution in [0.4, 0.5) is 15.2 Å². The van der Waals surface area contributed by atoms with E-state index in [4.69, 9.17) is 10.5 Å². The average Bonchev–Trinajstić information content (AvgIpc) is 3.21. The summed E-state index contributed by atoms with van der Waals surface area (Å²) in [4.78, 5) is 33.0. The molecule has 3 heterocycles. The summed E-state index contributed by atoms with van der Waals surface area (Å²) in [5, 5.41) is 2.43. The number of nitrogens with zero attached hydrogens (tertiary/aromatic N) is 4. The molecule has 0 saturated carbocycles. The van der Waals surface area contributed by atoms with Crippen LogP contribution in [0.3, 0.4) is 0 Å². The highest BCUT2D eigenvalue weighted by molar-refractivity contribution is 7.13. The quantitative estimate of drug-likeness (QED) is 0.566. The SMILES string of the molecule is CCOC(=O)CN1CCN(c2cc3c(cc2F)c(=O)c(-c2csc(N)n2)cn3CC)CC1. The second-order valence-corrected chi connectivity index (χ2v) is 8.51. The molecule has 1 aliphatic rings. The lowest BCUT2D eigenvalue weighted by atomic mass is 10.1. The number of nitrogen functional groups attached to an aromatic ring is 1. The third-order valence-electron chi connectivity index (χ3n) is 5.66. The molecule has 1 aromatic carbocycles. The number of aromatic nitrogens is 2. The molecule has 2 N–H and O–H groups in total. The molecule has 0 bridgehead atoms. The van der Waals surface area contributed by atoms with Gasteiger partial charge in [0.2, 0.25) is 0 Å². The number of hydrogen-bond acceptors (Lipinski definition) is 8. The monoisotopic (exact) mass is 459 g/mol. The van der Waals surface area contributed by atoms with Crippen LogP contribution in [0, 0.1) is 5.82 Å². The molecule has 0 amide bonds. The summed E-state index contributed by atoms with van der Waals surface area (Å²) < 4.78 is 22.1. The number of piperazine rings is 1. The average molecular weight is 460 g/mol. The van der Waals surface area contributed by atoms with E-state index in [1.165, 1.54) is 17.4 Å². The van der Waals surface area contributed by atoms with Gasteiger partial charge < -0.3 is 19.9 Å². The van der Waals surface area contributed by atoms with Crippen molar-refractivity contribution in [3.05, 3.63) is 39.8 Å². The van der Waals surface area contributed by atoms with E-state index in [0.717, 1.165) is 0 Å². The maximum atomic E-state index is 15.2. The highest BCUT2D eigenvalue weighted by Crippen LogP contribution is 2.28. The molecular weight excluding hydrogens is 433 g/mol. The lowest BCUT2D eigenvalue weighted by Gasteiger charge is -2.35. The summed E-state index contributed by atoms with van der Waals surface area (Å²) in [6.45, 7) is 7.37. The van der Waals surface area contributed by atoms with Crippen LogP contribution in [0.1, 0.15) is 13.8 Å². The zero-order valence-electron chi connectivity index (χ0n) is 18.1. The Morgan fingerprint density at radius 2 is 2.00 bits per heavy atom. The number of halogens is 1. The third-order valence-corrected chi connectivity index (χ3v) is 6.33. The molecule has 4 rings (SSSR count). The van der Waals surface area contributed by atoms with Gasteiger partial charge in [0.1, 0.15) is 5.82 Å². The van der Waals surface area contributed by atoms with Gasteiger partial charge in [0.05, 0.1) is 35.6 Å². The number of pyridine rings is 1. The maximum Gasteiger partial charge on any atom is 0.320 e. The predicted molar refractivity (Wildman–Crippen MR) is 125 cm³/mol. The van der Waals surface area contributed by atoms with Crippen molar-refractivity contribution in [3.63, 3.8) is 0 Å². The van der Waals surface area contributed by atoms with E-state index in [9.17, 15) is 9.59 Å². The van der Waals surface area contributed by atoms with Crippen LogP contribution in [-0.4, -0.2) is 59.8 Å². The third kappa shape index (κ3) is 4.33. The van der Waals surface area contributed by atoms with E-state index in [1.807, 2.05) is 21.3 Å². The number of carbonyl (C=O) groups excluding carboxylic acids is 1. The number of carbonyl (C=O) groups is 1. The number of nitrogens with two attached hydrogens (primary N) is 1. The highest BCUT2D eigenvalue weighted by atomic mass is 32.1.